The minimum atomic E-state index is -0.109. The molecule has 0 radical (unpaired) electrons. The minimum Gasteiger partial charge on any atom is -0.350 e. The number of carbonyl (C=O) groups is 1. The molecule has 18 heavy (non-hydrogen) atoms. The summed E-state index contributed by atoms with van der Waals surface area (Å²) in [6.45, 7) is 2.47. The van der Waals surface area contributed by atoms with E-state index in [0.29, 0.717) is 11.6 Å². The van der Waals surface area contributed by atoms with Crippen molar-refractivity contribution in [3.05, 3.63) is 50.9 Å². The molecule has 1 aromatic carbocycles. The first-order valence-electron chi connectivity index (χ1n) is 5.60. The lowest BCUT2D eigenvalue weighted by Crippen LogP contribution is -2.25. The van der Waals surface area contributed by atoms with E-state index in [2.05, 4.69) is 10.3 Å². The number of rotatable bonds is 4. The molecule has 0 aliphatic rings. The molecule has 0 aliphatic carbocycles. The highest BCUT2D eigenvalue weighted by Gasteiger charge is 2.08. The number of nitrogens with zero attached hydrogens (tertiary/aromatic N) is 1. The largest absolute Gasteiger partial charge is 0.350 e. The number of nitrogens with one attached hydrogen (secondary N) is 1. The first kappa shape index (κ1) is 13.1. The van der Waals surface area contributed by atoms with Crippen LogP contribution in [0.5, 0.6) is 0 Å². The number of hydrogen-bond acceptors (Lipinski definition) is 3. The summed E-state index contributed by atoms with van der Waals surface area (Å²) in [4.78, 5) is 15.9. The van der Waals surface area contributed by atoms with Crippen molar-refractivity contribution < 1.29 is 4.79 Å². The fraction of sp³-hybridized carbons (Fsp3) is 0.231. The van der Waals surface area contributed by atoms with E-state index in [1.54, 1.807) is 0 Å². The third-order valence-electron chi connectivity index (χ3n) is 2.43. The summed E-state index contributed by atoms with van der Waals surface area (Å²) in [7, 11) is 0. The van der Waals surface area contributed by atoms with Gasteiger partial charge in [-0.25, -0.2) is 4.98 Å². The molecule has 0 atom stereocenters. The number of halogens is 1. The second-order valence-corrected chi connectivity index (χ2v) is 5.22. The molecule has 0 spiro atoms. The molecule has 5 heteroatoms. The van der Waals surface area contributed by atoms with Gasteiger partial charge in [-0.05, 0) is 31.0 Å². The Balaban J connectivity index is 1.82. The van der Waals surface area contributed by atoms with Gasteiger partial charge in [0.05, 0.1) is 0 Å². The highest BCUT2D eigenvalue weighted by atomic mass is 35.5. The van der Waals surface area contributed by atoms with E-state index in [4.69, 9.17) is 11.6 Å². The number of aryl methyl sites for hydroxylation is 1. The van der Waals surface area contributed by atoms with Crippen LogP contribution in [0.1, 0.15) is 21.1 Å². The van der Waals surface area contributed by atoms with Crippen molar-refractivity contribution in [1.29, 1.82) is 0 Å². The van der Waals surface area contributed by atoms with Gasteiger partial charge in [-0.2, -0.15) is 0 Å². The molecule has 0 fully saturated rings. The van der Waals surface area contributed by atoms with Crippen LogP contribution in [0.4, 0.5) is 0 Å². The maximum Gasteiger partial charge on any atom is 0.280 e. The highest BCUT2D eigenvalue weighted by molar-refractivity contribution is 7.11. The molecule has 2 aromatic rings. The Kier molecular flexibility index (Phi) is 4.33. The van der Waals surface area contributed by atoms with Crippen LogP contribution in [0.2, 0.25) is 5.02 Å². The highest BCUT2D eigenvalue weighted by Crippen LogP contribution is 2.10. The fourth-order valence-corrected chi connectivity index (χ4v) is 2.34. The summed E-state index contributed by atoms with van der Waals surface area (Å²) < 4.78 is 0. The van der Waals surface area contributed by atoms with E-state index < -0.39 is 0 Å². The van der Waals surface area contributed by atoms with E-state index in [0.717, 1.165) is 22.7 Å². The smallest absolute Gasteiger partial charge is 0.280 e. The van der Waals surface area contributed by atoms with Gasteiger partial charge >= 0.3 is 0 Å². The molecule has 0 bridgehead atoms. The standard InChI is InChI=1S/C13H13ClN2OS/c1-9-8-18-13(16-9)12(17)15-7-6-10-2-4-11(14)5-3-10/h2-5,8H,6-7H2,1H3,(H,15,17). The minimum absolute atomic E-state index is 0.109. The molecule has 3 nitrogen and oxygen atoms in total. The zero-order valence-electron chi connectivity index (χ0n) is 9.94. The Morgan fingerprint density at radius 2 is 2.11 bits per heavy atom. The van der Waals surface area contributed by atoms with Crippen molar-refractivity contribution in [3.8, 4) is 0 Å². The molecule has 1 heterocycles. The normalized spacial score (nSPS) is 10.3. The van der Waals surface area contributed by atoms with Crippen LogP contribution in [0, 0.1) is 6.92 Å². The Morgan fingerprint density at radius 1 is 1.39 bits per heavy atom. The lowest BCUT2D eigenvalue weighted by Gasteiger charge is -2.03. The van der Waals surface area contributed by atoms with E-state index >= 15 is 0 Å². The van der Waals surface area contributed by atoms with Crippen molar-refractivity contribution in [2.45, 2.75) is 13.3 Å². The summed E-state index contributed by atoms with van der Waals surface area (Å²) in [6, 6.07) is 7.62. The van der Waals surface area contributed by atoms with Crippen molar-refractivity contribution in [1.82, 2.24) is 10.3 Å². The predicted octanol–water partition coefficient (Wildman–Crippen LogP) is 3.08. The quantitative estimate of drug-likeness (QED) is 0.935. The van der Waals surface area contributed by atoms with E-state index in [-0.39, 0.29) is 5.91 Å². The number of amides is 1. The van der Waals surface area contributed by atoms with Crippen molar-refractivity contribution in [2.75, 3.05) is 6.54 Å². The summed E-state index contributed by atoms with van der Waals surface area (Å²) in [6.07, 6.45) is 0.785. The fourth-order valence-electron chi connectivity index (χ4n) is 1.51. The van der Waals surface area contributed by atoms with Gasteiger partial charge in [0.25, 0.3) is 5.91 Å². The predicted molar refractivity (Wildman–Crippen MR) is 74.3 cm³/mol. The molecule has 0 unspecified atom stereocenters. The monoisotopic (exact) mass is 280 g/mol. The summed E-state index contributed by atoms with van der Waals surface area (Å²) in [5.74, 6) is -0.109. The van der Waals surface area contributed by atoms with Crippen molar-refractivity contribution in [2.24, 2.45) is 0 Å². The van der Waals surface area contributed by atoms with Crippen LogP contribution in [-0.4, -0.2) is 17.4 Å². The molecule has 2 rings (SSSR count). The van der Waals surface area contributed by atoms with Gasteiger partial charge < -0.3 is 5.32 Å². The lowest BCUT2D eigenvalue weighted by atomic mass is 10.1. The van der Waals surface area contributed by atoms with Gasteiger partial charge in [-0.3, -0.25) is 4.79 Å². The number of carbonyl (C=O) groups excluding carboxylic acids is 1. The Labute approximate surface area is 115 Å². The second kappa shape index (κ2) is 5.98. The van der Waals surface area contributed by atoms with Gasteiger partial charge in [-0.15, -0.1) is 11.3 Å². The van der Waals surface area contributed by atoms with Crippen LogP contribution in [-0.2, 0) is 6.42 Å². The van der Waals surface area contributed by atoms with Gasteiger partial charge in [0.2, 0.25) is 0 Å². The van der Waals surface area contributed by atoms with Crippen LogP contribution < -0.4 is 5.32 Å². The Hall–Kier alpha value is -1.39. The number of thiazole rings is 1. The topological polar surface area (TPSA) is 42.0 Å². The van der Waals surface area contributed by atoms with Crippen LogP contribution in [0.3, 0.4) is 0 Å². The molecular formula is C13H13ClN2OS. The molecule has 1 N–H and O–H groups in total. The van der Waals surface area contributed by atoms with Gasteiger partial charge in [0.15, 0.2) is 5.01 Å². The van der Waals surface area contributed by atoms with E-state index in [9.17, 15) is 4.79 Å². The Bertz CT molecular complexity index is 536. The van der Waals surface area contributed by atoms with Crippen molar-refractivity contribution >= 4 is 28.8 Å². The molecule has 1 aromatic heterocycles. The molecule has 0 saturated carbocycles. The van der Waals surface area contributed by atoms with Gasteiger partial charge in [0.1, 0.15) is 0 Å². The van der Waals surface area contributed by atoms with Gasteiger partial charge in [-0.1, -0.05) is 23.7 Å². The molecular weight excluding hydrogens is 268 g/mol. The van der Waals surface area contributed by atoms with Crippen LogP contribution in [0.25, 0.3) is 0 Å². The molecule has 94 valence electrons. The van der Waals surface area contributed by atoms with Crippen molar-refractivity contribution in [3.63, 3.8) is 0 Å². The van der Waals surface area contributed by atoms with Crippen LogP contribution >= 0.6 is 22.9 Å². The maximum absolute atomic E-state index is 11.7. The number of hydrogen-bond donors (Lipinski definition) is 1. The third-order valence-corrected chi connectivity index (χ3v) is 3.64. The SMILES string of the molecule is Cc1csc(C(=O)NCCc2ccc(Cl)cc2)n1. The maximum atomic E-state index is 11.7. The first-order chi connectivity index (χ1) is 8.65. The summed E-state index contributed by atoms with van der Waals surface area (Å²) in [5, 5.41) is 5.96. The summed E-state index contributed by atoms with van der Waals surface area (Å²) >= 11 is 7.17. The second-order valence-electron chi connectivity index (χ2n) is 3.93. The lowest BCUT2D eigenvalue weighted by molar-refractivity contribution is 0.0953. The molecule has 0 saturated heterocycles. The summed E-state index contributed by atoms with van der Waals surface area (Å²) in [5.41, 5.74) is 2.03. The zero-order chi connectivity index (χ0) is 13.0. The average molecular weight is 281 g/mol. The third kappa shape index (κ3) is 3.55. The average Bonchev–Trinajstić information content (AvgIpc) is 2.78. The van der Waals surface area contributed by atoms with Crippen LogP contribution in [0.15, 0.2) is 29.6 Å². The first-order valence-corrected chi connectivity index (χ1v) is 6.85. The van der Waals surface area contributed by atoms with Gasteiger partial charge in [0, 0.05) is 22.6 Å². The Morgan fingerprint density at radius 3 is 2.72 bits per heavy atom. The van der Waals surface area contributed by atoms with E-state index in [1.165, 1.54) is 11.3 Å². The molecule has 0 aliphatic heterocycles. The number of benzene rings is 1. The molecule has 1 amide bonds. The zero-order valence-corrected chi connectivity index (χ0v) is 11.5. The van der Waals surface area contributed by atoms with E-state index in [1.807, 2.05) is 36.6 Å². The number of aromatic nitrogens is 1.